The van der Waals surface area contributed by atoms with Crippen molar-refractivity contribution in [1.29, 1.82) is 0 Å². The van der Waals surface area contributed by atoms with Crippen LogP contribution in [0.25, 0.3) is 5.76 Å². The van der Waals surface area contributed by atoms with Gasteiger partial charge in [-0.2, -0.15) is 4.39 Å². The normalized spacial score (nSPS) is 11.2. The van der Waals surface area contributed by atoms with Gasteiger partial charge in [-0.05, 0) is 13.0 Å². The zero-order valence-electron chi connectivity index (χ0n) is 9.31. The summed E-state index contributed by atoms with van der Waals surface area (Å²) in [5.41, 5.74) is 0.0130. The fraction of sp³-hybridized carbons (Fsp3) is 0.182. The number of esters is 1. The predicted molar refractivity (Wildman–Crippen MR) is 61.5 cm³/mol. The van der Waals surface area contributed by atoms with Crippen LogP contribution in [0.5, 0.6) is 0 Å². The minimum atomic E-state index is -1.09. The van der Waals surface area contributed by atoms with Crippen LogP contribution in [0.1, 0.15) is 12.5 Å². The van der Waals surface area contributed by atoms with Crippen LogP contribution in [0.3, 0.4) is 0 Å². The van der Waals surface area contributed by atoms with Gasteiger partial charge in [0, 0.05) is 17.8 Å². The number of hydrogen-bond donors (Lipinski definition) is 1. The smallest absolute Gasteiger partial charge is 0.379 e. The average Bonchev–Trinajstić information content (AvgIpc) is 2.32. The fourth-order valence-electron chi connectivity index (χ4n) is 1.03. The molecule has 1 rings (SSSR count). The number of carbonyl (C=O) groups excluding carboxylic acids is 2. The minimum Gasteiger partial charge on any atom is -0.507 e. The number of aliphatic hydroxyl groups excluding tert-OH is 1. The van der Waals surface area contributed by atoms with Crippen molar-refractivity contribution in [2.24, 2.45) is 0 Å². The SMILES string of the molecule is CCOC(=O)C(=O)C=C(O)c1cnc(F)c(Cl)c1. The van der Waals surface area contributed by atoms with Crippen LogP contribution in [0.15, 0.2) is 18.3 Å². The second-order valence-electron chi connectivity index (χ2n) is 3.11. The van der Waals surface area contributed by atoms with Gasteiger partial charge in [-0.15, -0.1) is 0 Å². The summed E-state index contributed by atoms with van der Waals surface area (Å²) < 4.78 is 17.2. The molecule has 0 saturated heterocycles. The van der Waals surface area contributed by atoms with E-state index in [9.17, 15) is 19.1 Å². The molecule has 0 aliphatic heterocycles. The first-order chi connectivity index (χ1) is 8.45. The maximum Gasteiger partial charge on any atom is 0.379 e. The topological polar surface area (TPSA) is 76.5 Å². The molecular formula is C11H9ClFNO4. The number of ether oxygens (including phenoxy) is 1. The molecule has 18 heavy (non-hydrogen) atoms. The number of rotatable bonds is 4. The molecule has 0 atom stereocenters. The Labute approximate surface area is 107 Å². The lowest BCUT2D eigenvalue weighted by atomic mass is 10.2. The Bertz CT molecular complexity index is 516. The molecular weight excluding hydrogens is 265 g/mol. The summed E-state index contributed by atoms with van der Waals surface area (Å²) in [5.74, 6) is -3.58. The highest BCUT2D eigenvalue weighted by molar-refractivity contribution is 6.39. The van der Waals surface area contributed by atoms with E-state index in [0.717, 1.165) is 12.3 Å². The molecule has 7 heteroatoms. The van der Waals surface area contributed by atoms with Crippen molar-refractivity contribution < 1.29 is 23.8 Å². The third-order valence-electron chi connectivity index (χ3n) is 1.84. The molecule has 0 saturated carbocycles. The maximum atomic E-state index is 12.8. The monoisotopic (exact) mass is 273 g/mol. The van der Waals surface area contributed by atoms with Crippen molar-refractivity contribution in [1.82, 2.24) is 4.98 Å². The van der Waals surface area contributed by atoms with Gasteiger partial charge in [0.2, 0.25) is 5.95 Å². The van der Waals surface area contributed by atoms with Crippen LogP contribution < -0.4 is 0 Å². The largest absolute Gasteiger partial charge is 0.507 e. The van der Waals surface area contributed by atoms with E-state index in [4.69, 9.17) is 11.6 Å². The molecule has 96 valence electrons. The van der Waals surface area contributed by atoms with Gasteiger partial charge >= 0.3 is 5.97 Å². The van der Waals surface area contributed by atoms with Crippen LogP contribution in [0.2, 0.25) is 5.02 Å². The second-order valence-corrected chi connectivity index (χ2v) is 3.52. The fourth-order valence-corrected chi connectivity index (χ4v) is 1.20. The number of ketones is 1. The number of aromatic nitrogens is 1. The molecule has 0 fully saturated rings. The third-order valence-corrected chi connectivity index (χ3v) is 2.10. The summed E-state index contributed by atoms with van der Waals surface area (Å²) in [6.07, 6.45) is 1.63. The van der Waals surface area contributed by atoms with Crippen molar-refractivity contribution in [3.8, 4) is 0 Å². The van der Waals surface area contributed by atoms with Gasteiger partial charge < -0.3 is 9.84 Å². The molecule has 0 radical (unpaired) electrons. The summed E-state index contributed by atoms with van der Waals surface area (Å²) in [6.45, 7) is 1.58. The molecule has 0 aliphatic rings. The van der Waals surface area contributed by atoms with Crippen molar-refractivity contribution in [3.05, 3.63) is 34.9 Å². The van der Waals surface area contributed by atoms with Crippen LogP contribution >= 0.6 is 11.6 Å². The molecule has 0 unspecified atom stereocenters. The van der Waals surface area contributed by atoms with E-state index in [-0.39, 0.29) is 17.2 Å². The summed E-state index contributed by atoms with van der Waals surface area (Å²) in [4.78, 5) is 25.5. The average molecular weight is 274 g/mol. The van der Waals surface area contributed by atoms with E-state index in [1.165, 1.54) is 0 Å². The lowest BCUT2D eigenvalue weighted by Gasteiger charge is -2.01. The Balaban J connectivity index is 2.92. The molecule has 0 amide bonds. The van der Waals surface area contributed by atoms with E-state index in [1.807, 2.05) is 0 Å². The Hall–Kier alpha value is -1.95. The summed E-state index contributed by atoms with van der Waals surface area (Å²) in [6, 6.07) is 1.08. The lowest BCUT2D eigenvalue weighted by molar-refractivity contribution is -0.151. The first kappa shape index (κ1) is 14.1. The molecule has 1 aromatic rings. The van der Waals surface area contributed by atoms with Gasteiger partial charge in [0.05, 0.1) is 11.6 Å². The number of halogens is 2. The predicted octanol–water partition coefficient (Wildman–Crippen LogP) is 1.91. The summed E-state index contributed by atoms with van der Waals surface area (Å²) >= 11 is 5.45. The second kappa shape index (κ2) is 6.11. The molecule has 0 aliphatic carbocycles. The molecule has 0 bridgehead atoms. The molecule has 0 spiro atoms. The van der Waals surface area contributed by atoms with Gasteiger partial charge in [0.15, 0.2) is 0 Å². The van der Waals surface area contributed by atoms with Crippen LogP contribution in [-0.2, 0) is 14.3 Å². The standard InChI is InChI=1S/C11H9ClFNO4/c1-2-18-11(17)9(16)4-8(15)6-3-7(12)10(13)14-5-6/h3-5,15H,2H2,1H3. The molecule has 1 heterocycles. The Kier molecular flexibility index (Phi) is 4.79. The van der Waals surface area contributed by atoms with E-state index < -0.39 is 23.5 Å². The third kappa shape index (κ3) is 3.53. The Morgan fingerprint density at radius 3 is 2.83 bits per heavy atom. The number of aliphatic hydroxyl groups is 1. The van der Waals surface area contributed by atoms with Crippen molar-refractivity contribution >= 4 is 29.1 Å². The number of nitrogens with zero attached hydrogens (tertiary/aromatic N) is 1. The summed E-state index contributed by atoms with van der Waals surface area (Å²) in [7, 11) is 0. The highest BCUT2D eigenvalue weighted by Gasteiger charge is 2.14. The van der Waals surface area contributed by atoms with Gasteiger partial charge in [-0.3, -0.25) is 4.79 Å². The zero-order chi connectivity index (χ0) is 13.7. The number of carbonyl (C=O) groups is 2. The van der Waals surface area contributed by atoms with E-state index >= 15 is 0 Å². The molecule has 1 N–H and O–H groups in total. The molecule has 0 aromatic carbocycles. The van der Waals surface area contributed by atoms with Crippen LogP contribution in [0, 0.1) is 5.95 Å². The van der Waals surface area contributed by atoms with E-state index in [2.05, 4.69) is 9.72 Å². The zero-order valence-corrected chi connectivity index (χ0v) is 10.1. The van der Waals surface area contributed by atoms with Crippen molar-refractivity contribution in [3.63, 3.8) is 0 Å². The van der Waals surface area contributed by atoms with Crippen molar-refractivity contribution in [2.45, 2.75) is 6.92 Å². The van der Waals surface area contributed by atoms with E-state index in [1.54, 1.807) is 6.92 Å². The highest BCUT2D eigenvalue weighted by Crippen LogP contribution is 2.18. The molecule has 5 nitrogen and oxygen atoms in total. The maximum absolute atomic E-state index is 12.8. The first-order valence-electron chi connectivity index (χ1n) is 4.88. The highest BCUT2D eigenvalue weighted by atomic mass is 35.5. The number of pyridine rings is 1. The first-order valence-corrected chi connectivity index (χ1v) is 5.26. The number of hydrogen-bond acceptors (Lipinski definition) is 5. The van der Waals surface area contributed by atoms with Gasteiger partial charge in [0.25, 0.3) is 5.78 Å². The van der Waals surface area contributed by atoms with Crippen molar-refractivity contribution in [2.75, 3.05) is 6.61 Å². The van der Waals surface area contributed by atoms with E-state index in [0.29, 0.717) is 6.08 Å². The molecule has 1 aromatic heterocycles. The van der Waals surface area contributed by atoms with Gasteiger partial charge in [-0.1, -0.05) is 11.6 Å². The Morgan fingerprint density at radius 2 is 2.28 bits per heavy atom. The quantitative estimate of drug-likeness (QED) is 0.298. The minimum absolute atomic E-state index is 0.0130. The van der Waals surface area contributed by atoms with Crippen LogP contribution in [0.4, 0.5) is 4.39 Å². The van der Waals surface area contributed by atoms with Gasteiger partial charge in [-0.25, -0.2) is 9.78 Å². The van der Waals surface area contributed by atoms with Crippen LogP contribution in [-0.4, -0.2) is 28.4 Å². The van der Waals surface area contributed by atoms with Gasteiger partial charge in [0.1, 0.15) is 5.76 Å². The summed E-state index contributed by atoms with van der Waals surface area (Å²) in [5, 5.41) is 9.23. The Morgan fingerprint density at radius 1 is 1.61 bits per heavy atom. The lowest BCUT2D eigenvalue weighted by Crippen LogP contribution is -2.15.